The molecule has 0 aliphatic carbocycles. The Labute approximate surface area is 151 Å². The number of benzene rings is 1. The molecular formula is C17H17BF2N4O2. The zero-order valence-electron chi connectivity index (χ0n) is 13.9. The van der Waals surface area contributed by atoms with E-state index in [9.17, 15) is 18.4 Å². The predicted octanol–water partition coefficient (Wildman–Crippen LogP) is 1.19. The van der Waals surface area contributed by atoms with E-state index in [1.807, 2.05) is 0 Å². The smallest absolute Gasteiger partial charge is 0.254 e. The molecule has 2 aromatic rings. The predicted molar refractivity (Wildman–Crippen MR) is 93.8 cm³/mol. The molecule has 6 nitrogen and oxygen atoms in total. The van der Waals surface area contributed by atoms with Crippen LogP contribution in [0.15, 0.2) is 30.6 Å². The highest BCUT2D eigenvalue weighted by molar-refractivity contribution is 6.32. The average Bonchev–Trinajstić information content (AvgIpc) is 2.59. The summed E-state index contributed by atoms with van der Waals surface area (Å²) in [6.07, 6.45) is 0.598. The van der Waals surface area contributed by atoms with E-state index >= 15 is 0 Å². The minimum atomic E-state index is -1.23. The highest BCUT2D eigenvalue weighted by Crippen LogP contribution is 2.31. The fraction of sp³-hybridized carbons (Fsp3) is 0.294. The van der Waals surface area contributed by atoms with E-state index in [0.717, 1.165) is 12.4 Å². The van der Waals surface area contributed by atoms with Crippen LogP contribution in [0, 0.1) is 5.82 Å². The maximum atomic E-state index is 14.1. The van der Waals surface area contributed by atoms with Crippen molar-refractivity contribution >= 4 is 31.1 Å². The molecule has 3 rings (SSSR count). The Morgan fingerprint density at radius 1 is 1.46 bits per heavy atom. The van der Waals surface area contributed by atoms with Gasteiger partial charge >= 0.3 is 0 Å². The van der Waals surface area contributed by atoms with Crippen molar-refractivity contribution in [2.24, 2.45) is 0 Å². The van der Waals surface area contributed by atoms with Crippen molar-refractivity contribution in [2.75, 3.05) is 18.4 Å². The van der Waals surface area contributed by atoms with E-state index in [-0.39, 0.29) is 26.4 Å². The molecule has 0 saturated heterocycles. The molecule has 1 aromatic heterocycles. The molecule has 9 heteroatoms. The summed E-state index contributed by atoms with van der Waals surface area (Å²) >= 11 is 0. The van der Waals surface area contributed by atoms with Gasteiger partial charge in [-0.1, -0.05) is 17.6 Å². The molecule has 134 valence electrons. The molecule has 2 amide bonds. The summed E-state index contributed by atoms with van der Waals surface area (Å²) < 4.78 is 26.9. The first kappa shape index (κ1) is 18.0. The van der Waals surface area contributed by atoms with Crippen LogP contribution in [-0.2, 0) is 4.79 Å². The molecule has 2 unspecified atom stereocenters. The molecule has 0 fully saturated rings. The van der Waals surface area contributed by atoms with Gasteiger partial charge in [0.1, 0.15) is 20.6 Å². The maximum absolute atomic E-state index is 14.1. The number of hydrogen-bond acceptors (Lipinski definition) is 4. The number of carbonyl (C=O) groups is 2. The number of halogens is 2. The maximum Gasteiger partial charge on any atom is 0.254 e. The third-order valence-corrected chi connectivity index (χ3v) is 4.17. The third kappa shape index (κ3) is 3.71. The lowest BCUT2D eigenvalue weighted by molar-refractivity contribution is -0.117. The van der Waals surface area contributed by atoms with E-state index in [2.05, 4.69) is 15.3 Å². The number of nitrogens with zero attached hydrogens (tertiary/aromatic N) is 3. The Morgan fingerprint density at radius 3 is 2.81 bits per heavy atom. The molecule has 2 atom stereocenters. The fourth-order valence-electron chi connectivity index (χ4n) is 2.92. The van der Waals surface area contributed by atoms with Gasteiger partial charge in [0.25, 0.3) is 5.91 Å². The summed E-state index contributed by atoms with van der Waals surface area (Å²) in [5, 5.41) is 2.38. The Hall–Kier alpha value is -2.84. The van der Waals surface area contributed by atoms with Crippen LogP contribution >= 0.6 is 0 Å². The number of anilines is 1. The van der Waals surface area contributed by atoms with Crippen molar-refractivity contribution in [3.63, 3.8) is 0 Å². The van der Waals surface area contributed by atoms with Crippen molar-refractivity contribution in [3.8, 4) is 0 Å². The Kier molecular flexibility index (Phi) is 4.97. The van der Waals surface area contributed by atoms with Crippen LogP contribution in [0.2, 0.25) is 0 Å². The number of alkyl halides is 1. The van der Waals surface area contributed by atoms with E-state index in [0.29, 0.717) is 16.6 Å². The topological polar surface area (TPSA) is 75.2 Å². The average molecular weight is 358 g/mol. The van der Waals surface area contributed by atoms with Gasteiger partial charge in [-0.2, -0.15) is 0 Å². The van der Waals surface area contributed by atoms with Crippen molar-refractivity contribution in [2.45, 2.75) is 19.0 Å². The van der Waals surface area contributed by atoms with E-state index < -0.39 is 23.8 Å². The lowest BCUT2D eigenvalue weighted by Gasteiger charge is -2.35. The first-order valence-electron chi connectivity index (χ1n) is 7.95. The van der Waals surface area contributed by atoms with Crippen LogP contribution in [0.25, 0.3) is 0 Å². The van der Waals surface area contributed by atoms with Gasteiger partial charge in [-0.3, -0.25) is 14.9 Å². The van der Waals surface area contributed by atoms with Crippen LogP contribution in [0.1, 0.15) is 30.2 Å². The number of hydrogen-bond donors (Lipinski definition) is 1. The zero-order chi connectivity index (χ0) is 18.8. The zero-order valence-corrected chi connectivity index (χ0v) is 13.9. The van der Waals surface area contributed by atoms with Gasteiger partial charge in [-0.25, -0.2) is 18.7 Å². The lowest BCUT2D eigenvalue weighted by atomic mass is 9.82. The molecule has 26 heavy (non-hydrogen) atoms. The SMILES string of the molecule is [B]c1ccc2c(c1)C(C(C)F)CN(CC(=O)Nc1ncc(F)cn1)C2=O.[HH]. The lowest BCUT2D eigenvalue weighted by Crippen LogP contribution is -2.46. The van der Waals surface area contributed by atoms with Gasteiger partial charge in [0, 0.05) is 19.5 Å². The first-order chi connectivity index (χ1) is 12.3. The second-order valence-electron chi connectivity index (χ2n) is 6.09. The van der Waals surface area contributed by atoms with Gasteiger partial charge in [-0.05, 0) is 18.6 Å². The van der Waals surface area contributed by atoms with Gasteiger partial charge in [0.2, 0.25) is 11.9 Å². The van der Waals surface area contributed by atoms with Crippen LogP contribution in [0.4, 0.5) is 14.7 Å². The number of rotatable bonds is 4. The molecule has 0 saturated carbocycles. The van der Waals surface area contributed by atoms with Gasteiger partial charge in [-0.15, -0.1) is 0 Å². The van der Waals surface area contributed by atoms with E-state index in [4.69, 9.17) is 7.85 Å². The van der Waals surface area contributed by atoms with E-state index in [1.165, 1.54) is 17.9 Å². The molecule has 1 aliphatic rings. The summed E-state index contributed by atoms with van der Waals surface area (Å²) in [5.74, 6) is -2.24. The van der Waals surface area contributed by atoms with Crippen molar-refractivity contribution in [1.82, 2.24) is 14.9 Å². The first-order valence-corrected chi connectivity index (χ1v) is 7.95. The summed E-state index contributed by atoms with van der Waals surface area (Å²) in [7, 11) is 5.75. The number of fused-ring (bicyclic) bond motifs is 1. The van der Waals surface area contributed by atoms with Gasteiger partial charge in [0.05, 0.1) is 12.4 Å². The Morgan fingerprint density at radius 2 is 2.15 bits per heavy atom. The monoisotopic (exact) mass is 358 g/mol. The number of carbonyl (C=O) groups excluding carboxylic acids is 2. The summed E-state index contributed by atoms with van der Waals surface area (Å²) in [6, 6.07) is 4.69. The molecule has 2 heterocycles. The number of nitrogens with one attached hydrogen (secondary N) is 1. The molecule has 0 spiro atoms. The molecule has 1 N–H and O–H groups in total. The third-order valence-electron chi connectivity index (χ3n) is 4.17. The normalized spacial score (nSPS) is 17.6. The highest BCUT2D eigenvalue weighted by Gasteiger charge is 2.35. The second-order valence-corrected chi connectivity index (χ2v) is 6.09. The Bertz CT molecular complexity index is 851. The molecule has 2 radical (unpaired) electrons. The highest BCUT2D eigenvalue weighted by atomic mass is 19.1. The standard InChI is InChI=1S/C17H15BF2N4O2.H2/c1-9(19)14-7-24(16(26)12-3-2-10(18)4-13(12)14)8-15(25)23-17-21-5-11(20)6-22-17;/h2-6,9,14H,7-8H2,1H3,(H,21,22,23,25);1H. The molecule has 0 bridgehead atoms. The van der Waals surface area contributed by atoms with Crippen LogP contribution in [0.3, 0.4) is 0 Å². The van der Waals surface area contributed by atoms with Gasteiger partial charge < -0.3 is 4.90 Å². The van der Waals surface area contributed by atoms with Gasteiger partial charge in [0.15, 0.2) is 5.82 Å². The van der Waals surface area contributed by atoms with Crippen LogP contribution in [0.5, 0.6) is 0 Å². The minimum absolute atomic E-state index is 0. The van der Waals surface area contributed by atoms with E-state index in [1.54, 1.807) is 12.1 Å². The quantitative estimate of drug-likeness (QED) is 0.834. The fourth-order valence-corrected chi connectivity index (χ4v) is 2.92. The summed E-state index contributed by atoms with van der Waals surface area (Å²) in [5.41, 5.74) is 1.32. The van der Waals surface area contributed by atoms with Crippen molar-refractivity contribution in [3.05, 3.63) is 47.5 Å². The van der Waals surface area contributed by atoms with Crippen LogP contribution < -0.4 is 10.8 Å². The second kappa shape index (κ2) is 7.19. The molecular weight excluding hydrogens is 341 g/mol. The van der Waals surface area contributed by atoms with Crippen LogP contribution in [-0.4, -0.2) is 53.8 Å². The Balaban J connectivity index is 0.00000261. The van der Waals surface area contributed by atoms with Crippen molar-refractivity contribution < 1.29 is 19.8 Å². The van der Waals surface area contributed by atoms with Crippen molar-refractivity contribution in [1.29, 1.82) is 0 Å². The number of aromatic nitrogens is 2. The minimum Gasteiger partial charge on any atom is -0.329 e. The largest absolute Gasteiger partial charge is 0.329 e. The summed E-state index contributed by atoms with van der Waals surface area (Å²) in [4.78, 5) is 33.3. The molecule has 1 aromatic carbocycles. The molecule has 1 aliphatic heterocycles. The summed E-state index contributed by atoms with van der Waals surface area (Å²) in [6.45, 7) is 1.15. The number of amides is 2.